The van der Waals surface area contributed by atoms with E-state index in [1.807, 2.05) is 93.5 Å². The van der Waals surface area contributed by atoms with Crippen LogP contribution >= 0.6 is 11.6 Å². The Morgan fingerprint density at radius 2 is 1.13 bits per heavy atom. The minimum absolute atomic E-state index is 0.0424. The van der Waals surface area contributed by atoms with E-state index in [2.05, 4.69) is 25.9 Å². The Bertz CT molecular complexity index is 2230. The fourth-order valence-corrected chi connectivity index (χ4v) is 6.24. The van der Waals surface area contributed by atoms with Crippen molar-refractivity contribution in [2.24, 2.45) is 17.6 Å². The van der Waals surface area contributed by atoms with E-state index in [1.165, 1.54) is 6.07 Å². The lowest BCUT2D eigenvalue weighted by Crippen LogP contribution is -2.34. The number of aromatic nitrogens is 2. The average molecular weight is 863 g/mol. The topological polar surface area (TPSA) is 175 Å². The van der Waals surface area contributed by atoms with Crippen LogP contribution in [0.4, 0.5) is 24.2 Å². The number of primary amides is 1. The van der Waals surface area contributed by atoms with Crippen LogP contribution in [0.3, 0.4) is 0 Å². The van der Waals surface area contributed by atoms with Gasteiger partial charge in [-0.1, -0.05) is 48.0 Å². The highest BCUT2D eigenvalue weighted by Crippen LogP contribution is 2.33. The Labute approximate surface area is 361 Å². The number of carbonyl (C=O) groups excluding carboxylic acids is 4. The summed E-state index contributed by atoms with van der Waals surface area (Å²) in [5, 5.41) is 8.61. The summed E-state index contributed by atoms with van der Waals surface area (Å²) in [6.45, 7) is 18.4. The van der Waals surface area contributed by atoms with E-state index < -0.39 is 35.0 Å². The van der Waals surface area contributed by atoms with E-state index in [0.717, 1.165) is 60.3 Å². The quantitative estimate of drug-likeness (QED) is 0.120. The SMILES string of the molecule is Cc1cc(-c2cc(Cl)ncc2F)ccc1[C@@H](C)NC(=O)OC(C)(C)C.Cc1cc(-c2cc(NC(=O)C3CC3)ncc2F)ccc1[C@@H](C)NC(=O)OC(C)(C)C.NC(=O)C1CC1. The van der Waals surface area contributed by atoms with Gasteiger partial charge in [0.1, 0.15) is 33.8 Å². The summed E-state index contributed by atoms with van der Waals surface area (Å²) < 4.78 is 39.0. The molecule has 2 heterocycles. The van der Waals surface area contributed by atoms with Crippen LogP contribution in [0.25, 0.3) is 22.3 Å². The van der Waals surface area contributed by atoms with Crippen molar-refractivity contribution in [2.45, 2.75) is 118 Å². The first-order valence-electron chi connectivity index (χ1n) is 20.2. The number of pyridine rings is 2. The number of aryl methyl sites for hydroxylation is 2. The number of anilines is 1. The molecule has 4 amide bonds. The van der Waals surface area contributed by atoms with Crippen molar-refractivity contribution in [1.29, 1.82) is 0 Å². The van der Waals surface area contributed by atoms with Crippen LogP contribution < -0.4 is 21.7 Å². The van der Waals surface area contributed by atoms with Gasteiger partial charge < -0.3 is 31.2 Å². The fourth-order valence-electron chi connectivity index (χ4n) is 6.09. The van der Waals surface area contributed by atoms with Crippen LogP contribution in [0.15, 0.2) is 60.9 Å². The summed E-state index contributed by atoms with van der Waals surface area (Å²) in [5.74, 6) is -0.484. The number of amides is 4. The van der Waals surface area contributed by atoms with E-state index in [-0.39, 0.29) is 40.9 Å². The molecule has 12 nitrogen and oxygen atoms in total. The molecule has 0 aliphatic heterocycles. The van der Waals surface area contributed by atoms with Crippen molar-refractivity contribution in [3.05, 3.63) is 100.0 Å². The van der Waals surface area contributed by atoms with Crippen molar-refractivity contribution in [2.75, 3.05) is 5.32 Å². The van der Waals surface area contributed by atoms with Crippen LogP contribution in [-0.2, 0) is 19.1 Å². The maximum absolute atomic E-state index is 14.4. The number of hydrogen-bond acceptors (Lipinski definition) is 8. The molecule has 4 aromatic rings. The van der Waals surface area contributed by atoms with Gasteiger partial charge in [-0.25, -0.2) is 28.3 Å². The monoisotopic (exact) mass is 862 g/mol. The van der Waals surface area contributed by atoms with E-state index in [0.29, 0.717) is 28.1 Å². The molecule has 15 heteroatoms. The van der Waals surface area contributed by atoms with Gasteiger partial charge in [0.2, 0.25) is 11.8 Å². The van der Waals surface area contributed by atoms with Gasteiger partial charge in [-0.15, -0.1) is 0 Å². The number of rotatable bonds is 9. The first-order valence-corrected chi connectivity index (χ1v) is 20.6. The maximum atomic E-state index is 14.4. The molecule has 2 saturated carbocycles. The molecule has 2 aromatic heterocycles. The summed E-state index contributed by atoms with van der Waals surface area (Å²) in [4.78, 5) is 53.6. The Morgan fingerprint density at radius 1 is 0.705 bits per heavy atom. The van der Waals surface area contributed by atoms with E-state index in [4.69, 9.17) is 26.8 Å². The largest absolute Gasteiger partial charge is 0.444 e. The molecular formula is C46H57ClF2N6O6. The molecule has 328 valence electrons. The second-order valence-corrected chi connectivity index (χ2v) is 17.7. The van der Waals surface area contributed by atoms with E-state index >= 15 is 0 Å². The van der Waals surface area contributed by atoms with Crippen LogP contribution in [-0.4, -0.2) is 45.2 Å². The number of halogens is 3. The third-order valence-corrected chi connectivity index (χ3v) is 9.62. The number of alkyl carbamates (subject to hydrolysis) is 2. The van der Waals surface area contributed by atoms with Crippen LogP contribution in [0.5, 0.6) is 0 Å². The van der Waals surface area contributed by atoms with Crippen molar-refractivity contribution in [3.8, 4) is 22.3 Å². The van der Waals surface area contributed by atoms with Gasteiger partial charge in [0.05, 0.1) is 24.5 Å². The molecule has 0 saturated heterocycles. The summed E-state index contributed by atoms with van der Waals surface area (Å²) >= 11 is 5.86. The molecule has 2 aliphatic carbocycles. The van der Waals surface area contributed by atoms with Crippen molar-refractivity contribution >= 4 is 41.4 Å². The lowest BCUT2D eigenvalue weighted by Gasteiger charge is -2.23. The number of hydrogen-bond donors (Lipinski definition) is 4. The fraction of sp³-hybridized carbons (Fsp3) is 0.435. The molecule has 2 atom stereocenters. The standard InChI is InChI=1S/C23H28FN3O3.C19H22ClFN2O2.C4H7NO/c1-13-10-16(8-9-17(13)14(2)26-22(29)30-23(3,4)5)18-11-20(25-12-19(18)24)27-21(28)15-6-7-15;1-11-8-13(15-9-17(20)22-10-16(15)21)6-7-14(11)12(2)23-18(24)25-19(3,4)5;5-4(6)3-1-2-3/h8-12,14-15H,6-7H2,1-5H3,(H,26,29)(H,25,27,28);6-10,12H,1-5H3,(H,23,24);3H,1-2H2,(H2,5,6)/t14-;12-;/m11./s1. The van der Waals surface area contributed by atoms with Crippen molar-refractivity contribution < 1.29 is 37.4 Å². The summed E-state index contributed by atoms with van der Waals surface area (Å²) in [5.41, 5.74) is 9.50. The highest BCUT2D eigenvalue weighted by atomic mass is 35.5. The van der Waals surface area contributed by atoms with Gasteiger partial charge in [0.25, 0.3) is 0 Å². The minimum Gasteiger partial charge on any atom is -0.444 e. The summed E-state index contributed by atoms with van der Waals surface area (Å²) in [6, 6.07) is 13.5. The van der Waals surface area contributed by atoms with Crippen molar-refractivity contribution in [1.82, 2.24) is 20.6 Å². The molecule has 0 unspecified atom stereocenters. The Kier molecular flexibility index (Phi) is 16.0. The number of benzene rings is 2. The second kappa shape index (κ2) is 20.3. The lowest BCUT2D eigenvalue weighted by molar-refractivity contribution is -0.119. The van der Waals surface area contributed by atoms with Gasteiger partial charge >= 0.3 is 12.2 Å². The first kappa shape index (κ1) is 48.0. The zero-order valence-corrected chi connectivity index (χ0v) is 37.2. The Hall–Kier alpha value is -5.63. The maximum Gasteiger partial charge on any atom is 0.408 e. The van der Waals surface area contributed by atoms with Gasteiger partial charge in [-0.2, -0.15) is 0 Å². The molecule has 2 fully saturated rings. The van der Waals surface area contributed by atoms with Gasteiger partial charge in [0.15, 0.2) is 0 Å². The molecule has 0 bridgehead atoms. The lowest BCUT2D eigenvalue weighted by atomic mass is 9.96. The zero-order chi connectivity index (χ0) is 45.4. The van der Waals surface area contributed by atoms with Crippen LogP contribution in [0, 0.1) is 37.3 Å². The third-order valence-electron chi connectivity index (χ3n) is 9.42. The summed E-state index contributed by atoms with van der Waals surface area (Å²) in [6.07, 6.45) is 5.07. The third kappa shape index (κ3) is 15.4. The molecule has 6 rings (SSSR count). The molecule has 0 radical (unpaired) electrons. The van der Waals surface area contributed by atoms with Crippen LogP contribution in [0.2, 0.25) is 5.15 Å². The smallest absolute Gasteiger partial charge is 0.408 e. The highest BCUT2D eigenvalue weighted by molar-refractivity contribution is 6.29. The van der Waals surface area contributed by atoms with E-state index in [1.54, 1.807) is 18.2 Å². The number of nitrogens with one attached hydrogen (secondary N) is 3. The number of ether oxygens (including phenoxy) is 2. The molecule has 2 aliphatic rings. The molecular weight excluding hydrogens is 806 g/mol. The molecule has 61 heavy (non-hydrogen) atoms. The number of nitrogens with zero attached hydrogens (tertiary/aromatic N) is 2. The van der Waals surface area contributed by atoms with Gasteiger partial charge in [0, 0.05) is 23.0 Å². The molecule has 0 spiro atoms. The number of nitrogens with two attached hydrogens (primary N) is 1. The Morgan fingerprint density at radius 3 is 1.51 bits per heavy atom. The second-order valence-electron chi connectivity index (χ2n) is 17.4. The highest BCUT2D eigenvalue weighted by Gasteiger charge is 2.30. The zero-order valence-electron chi connectivity index (χ0n) is 36.5. The minimum atomic E-state index is -0.575. The predicted octanol–water partition coefficient (Wildman–Crippen LogP) is 10.4. The van der Waals surface area contributed by atoms with Gasteiger partial charge in [-0.3, -0.25) is 9.59 Å². The van der Waals surface area contributed by atoms with E-state index in [9.17, 15) is 28.0 Å². The Balaban J connectivity index is 0.000000239. The molecule has 2 aromatic carbocycles. The van der Waals surface area contributed by atoms with Crippen molar-refractivity contribution in [3.63, 3.8) is 0 Å². The average Bonchev–Trinajstić information content (AvgIpc) is 4.06. The number of carbonyl (C=O) groups is 4. The predicted molar refractivity (Wildman–Crippen MR) is 233 cm³/mol. The van der Waals surface area contributed by atoms with Crippen LogP contribution in [0.1, 0.15) is 115 Å². The first-order chi connectivity index (χ1) is 28.4. The molecule has 5 N–H and O–H groups in total. The summed E-state index contributed by atoms with van der Waals surface area (Å²) in [7, 11) is 0. The van der Waals surface area contributed by atoms with Gasteiger partial charge in [-0.05, 0) is 140 Å². The normalized spacial score (nSPS) is 14.4.